The number of anilines is 1. The number of nitrogens with zero attached hydrogens (tertiary/aromatic N) is 1. The second-order valence-electron chi connectivity index (χ2n) is 4.76. The summed E-state index contributed by atoms with van der Waals surface area (Å²) in [5, 5.41) is 24.3. The Kier molecular flexibility index (Phi) is 3.67. The highest BCUT2D eigenvalue weighted by atomic mass is 16.3. The van der Waals surface area contributed by atoms with E-state index in [1.54, 1.807) is 18.3 Å². The van der Waals surface area contributed by atoms with Crippen LogP contribution in [0.5, 0.6) is 5.75 Å². The molecule has 4 heteroatoms. The molecule has 1 aromatic heterocycles. The first-order valence-electron chi connectivity index (χ1n) is 6.07. The Balaban J connectivity index is 2.25. The van der Waals surface area contributed by atoms with E-state index in [1.165, 1.54) is 0 Å². The Hall–Kier alpha value is -1.81. The molecular weight excluding hydrogens is 228 g/mol. The maximum absolute atomic E-state index is 9.77. The molecule has 0 saturated carbocycles. The van der Waals surface area contributed by atoms with Crippen LogP contribution in [0.2, 0.25) is 0 Å². The van der Waals surface area contributed by atoms with Gasteiger partial charge in [0.05, 0.1) is 6.10 Å². The number of aliphatic hydroxyl groups excluding tert-OH is 1. The minimum atomic E-state index is -0.417. The topological polar surface area (TPSA) is 65.4 Å². The lowest BCUT2D eigenvalue weighted by Gasteiger charge is -2.16. The van der Waals surface area contributed by atoms with E-state index in [0.29, 0.717) is 12.4 Å². The van der Waals surface area contributed by atoms with Crippen molar-refractivity contribution in [2.24, 2.45) is 5.92 Å². The molecule has 2 aromatic rings. The SMILES string of the molecule is CC(C)C(O)CNc1nccc2ccc(O)cc12. The van der Waals surface area contributed by atoms with Crippen LogP contribution in [0.3, 0.4) is 0 Å². The third-order valence-electron chi connectivity index (χ3n) is 3.00. The van der Waals surface area contributed by atoms with Crippen molar-refractivity contribution in [1.29, 1.82) is 0 Å². The van der Waals surface area contributed by atoms with E-state index in [2.05, 4.69) is 10.3 Å². The van der Waals surface area contributed by atoms with E-state index < -0.39 is 6.10 Å². The molecule has 0 spiro atoms. The smallest absolute Gasteiger partial charge is 0.134 e. The van der Waals surface area contributed by atoms with Crippen LogP contribution in [-0.4, -0.2) is 27.8 Å². The molecule has 18 heavy (non-hydrogen) atoms. The summed E-state index contributed by atoms with van der Waals surface area (Å²) >= 11 is 0. The first-order valence-corrected chi connectivity index (χ1v) is 6.07. The number of hydrogen-bond acceptors (Lipinski definition) is 4. The Morgan fingerprint density at radius 3 is 2.78 bits per heavy atom. The largest absolute Gasteiger partial charge is 0.508 e. The maximum Gasteiger partial charge on any atom is 0.134 e. The minimum Gasteiger partial charge on any atom is -0.508 e. The van der Waals surface area contributed by atoms with Crippen LogP contribution in [0, 0.1) is 5.92 Å². The van der Waals surface area contributed by atoms with Gasteiger partial charge in [-0.15, -0.1) is 0 Å². The predicted molar refractivity (Wildman–Crippen MR) is 72.7 cm³/mol. The molecule has 0 aliphatic heterocycles. The highest BCUT2D eigenvalue weighted by molar-refractivity contribution is 5.92. The van der Waals surface area contributed by atoms with Gasteiger partial charge in [0.2, 0.25) is 0 Å². The van der Waals surface area contributed by atoms with Gasteiger partial charge < -0.3 is 15.5 Å². The molecule has 4 nitrogen and oxygen atoms in total. The summed E-state index contributed by atoms with van der Waals surface area (Å²) in [6.07, 6.45) is 1.29. The van der Waals surface area contributed by atoms with E-state index in [-0.39, 0.29) is 11.7 Å². The van der Waals surface area contributed by atoms with E-state index in [1.807, 2.05) is 26.0 Å². The molecule has 1 unspecified atom stereocenters. The van der Waals surface area contributed by atoms with Gasteiger partial charge in [0.15, 0.2) is 0 Å². The molecular formula is C14H18N2O2. The highest BCUT2D eigenvalue weighted by Gasteiger charge is 2.10. The average Bonchev–Trinajstić information content (AvgIpc) is 2.35. The van der Waals surface area contributed by atoms with Crippen LogP contribution < -0.4 is 5.32 Å². The van der Waals surface area contributed by atoms with Crippen molar-refractivity contribution in [3.8, 4) is 5.75 Å². The summed E-state index contributed by atoms with van der Waals surface area (Å²) in [4.78, 5) is 4.25. The van der Waals surface area contributed by atoms with Gasteiger partial charge in [0.25, 0.3) is 0 Å². The van der Waals surface area contributed by atoms with Crippen molar-refractivity contribution >= 4 is 16.6 Å². The van der Waals surface area contributed by atoms with Crippen LogP contribution >= 0.6 is 0 Å². The standard InChI is InChI=1S/C14H18N2O2/c1-9(2)13(18)8-16-14-12-7-11(17)4-3-10(12)5-6-15-14/h3-7,9,13,17-18H,8H2,1-2H3,(H,15,16). The average molecular weight is 246 g/mol. The van der Waals surface area contributed by atoms with Gasteiger partial charge >= 0.3 is 0 Å². The van der Waals surface area contributed by atoms with Gasteiger partial charge in [-0.1, -0.05) is 19.9 Å². The van der Waals surface area contributed by atoms with Gasteiger partial charge in [0.1, 0.15) is 11.6 Å². The molecule has 1 atom stereocenters. The number of phenolic OH excluding ortho intramolecular Hbond substituents is 1. The molecule has 1 heterocycles. The quantitative estimate of drug-likeness (QED) is 0.775. The van der Waals surface area contributed by atoms with Crippen molar-refractivity contribution in [1.82, 2.24) is 4.98 Å². The second-order valence-corrected chi connectivity index (χ2v) is 4.76. The number of aromatic hydroxyl groups is 1. The molecule has 0 aliphatic carbocycles. The minimum absolute atomic E-state index is 0.195. The maximum atomic E-state index is 9.77. The van der Waals surface area contributed by atoms with E-state index >= 15 is 0 Å². The molecule has 1 aromatic carbocycles. The molecule has 0 saturated heterocycles. The Morgan fingerprint density at radius 1 is 1.28 bits per heavy atom. The number of rotatable bonds is 4. The normalized spacial score (nSPS) is 12.9. The van der Waals surface area contributed by atoms with Gasteiger partial charge in [-0.3, -0.25) is 0 Å². The summed E-state index contributed by atoms with van der Waals surface area (Å²) in [7, 11) is 0. The van der Waals surface area contributed by atoms with E-state index in [9.17, 15) is 10.2 Å². The number of aliphatic hydroxyl groups is 1. The molecule has 0 amide bonds. The zero-order valence-corrected chi connectivity index (χ0v) is 10.6. The number of benzene rings is 1. The molecule has 3 N–H and O–H groups in total. The summed E-state index contributed by atoms with van der Waals surface area (Å²) in [5.74, 6) is 1.09. The number of hydrogen-bond donors (Lipinski definition) is 3. The Labute approximate surface area is 106 Å². The molecule has 0 fully saturated rings. The number of phenols is 1. The van der Waals surface area contributed by atoms with Gasteiger partial charge in [-0.25, -0.2) is 4.98 Å². The first kappa shape index (κ1) is 12.6. The van der Waals surface area contributed by atoms with E-state index in [0.717, 1.165) is 10.8 Å². The molecule has 0 aliphatic rings. The van der Waals surface area contributed by atoms with Crippen molar-refractivity contribution in [3.63, 3.8) is 0 Å². The highest BCUT2D eigenvalue weighted by Crippen LogP contribution is 2.25. The summed E-state index contributed by atoms with van der Waals surface area (Å²) < 4.78 is 0. The monoisotopic (exact) mass is 246 g/mol. The third kappa shape index (κ3) is 2.71. The number of pyridine rings is 1. The van der Waals surface area contributed by atoms with Gasteiger partial charge in [-0.2, -0.15) is 0 Å². The van der Waals surface area contributed by atoms with Crippen LogP contribution in [0.25, 0.3) is 10.8 Å². The fourth-order valence-corrected chi connectivity index (χ4v) is 1.73. The zero-order valence-electron chi connectivity index (χ0n) is 10.6. The van der Waals surface area contributed by atoms with Gasteiger partial charge in [0, 0.05) is 18.1 Å². The number of fused-ring (bicyclic) bond motifs is 1. The van der Waals surface area contributed by atoms with Gasteiger partial charge in [-0.05, 0) is 29.5 Å². The van der Waals surface area contributed by atoms with Crippen molar-refractivity contribution in [2.45, 2.75) is 20.0 Å². The summed E-state index contributed by atoms with van der Waals surface area (Å²) in [6.45, 7) is 4.38. The zero-order chi connectivity index (χ0) is 13.1. The Morgan fingerprint density at radius 2 is 2.06 bits per heavy atom. The fraction of sp³-hybridized carbons (Fsp3) is 0.357. The second kappa shape index (κ2) is 5.23. The van der Waals surface area contributed by atoms with Crippen LogP contribution in [-0.2, 0) is 0 Å². The number of aromatic nitrogens is 1. The fourth-order valence-electron chi connectivity index (χ4n) is 1.73. The third-order valence-corrected chi connectivity index (χ3v) is 3.00. The lowest BCUT2D eigenvalue weighted by molar-refractivity contribution is 0.138. The summed E-state index contributed by atoms with van der Waals surface area (Å²) in [5.41, 5.74) is 0. The van der Waals surface area contributed by atoms with Crippen molar-refractivity contribution in [2.75, 3.05) is 11.9 Å². The Bertz CT molecular complexity index is 540. The molecule has 0 radical (unpaired) electrons. The van der Waals surface area contributed by atoms with E-state index in [4.69, 9.17) is 0 Å². The van der Waals surface area contributed by atoms with Crippen LogP contribution in [0.4, 0.5) is 5.82 Å². The number of nitrogens with one attached hydrogen (secondary N) is 1. The predicted octanol–water partition coefficient (Wildman–Crippen LogP) is 2.37. The van der Waals surface area contributed by atoms with Crippen LogP contribution in [0.15, 0.2) is 30.5 Å². The summed E-state index contributed by atoms with van der Waals surface area (Å²) in [6, 6.07) is 7.05. The molecule has 2 rings (SSSR count). The lowest BCUT2D eigenvalue weighted by atomic mass is 10.1. The van der Waals surface area contributed by atoms with Crippen LogP contribution in [0.1, 0.15) is 13.8 Å². The lowest BCUT2D eigenvalue weighted by Crippen LogP contribution is -2.25. The van der Waals surface area contributed by atoms with Crippen molar-refractivity contribution < 1.29 is 10.2 Å². The van der Waals surface area contributed by atoms with Crippen molar-refractivity contribution in [3.05, 3.63) is 30.5 Å². The first-order chi connectivity index (χ1) is 8.58. The molecule has 96 valence electrons. The molecule has 0 bridgehead atoms.